The van der Waals surface area contributed by atoms with Gasteiger partial charge in [-0.15, -0.1) is 24.0 Å². The van der Waals surface area contributed by atoms with Crippen LogP contribution in [0, 0.1) is 0 Å². The lowest BCUT2D eigenvalue weighted by atomic mass is 10.2. The van der Waals surface area contributed by atoms with Gasteiger partial charge < -0.3 is 14.7 Å². The fourth-order valence-electron chi connectivity index (χ4n) is 4.09. The average molecular weight is 544 g/mol. The minimum Gasteiger partial charge on any atom is -0.364 e. The molecule has 1 fully saturated rings. The largest absolute Gasteiger partial charge is 0.364 e. The normalized spacial score (nSPS) is 17.3. The molecule has 0 saturated carbocycles. The molecule has 4 heterocycles. The molecule has 1 saturated heterocycles. The smallest absolute Gasteiger partial charge is 0.345 e. The minimum atomic E-state index is 0. The van der Waals surface area contributed by atoms with Crippen LogP contribution in [0.5, 0.6) is 0 Å². The molecular weight excluding hydrogens is 511 g/mol. The molecule has 0 unspecified atom stereocenters. The predicted octanol–water partition coefficient (Wildman–Crippen LogP) is 1.16. The molecule has 10 nitrogen and oxygen atoms in total. The van der Waals surface area contributed by atoms with Crippen molar-refractivity contribution in [3.8, 4) is 0 Å². The number of nitrogens with zero attached hydrogens (tertiary/aromatic N) is 7. The maximum atomic E-state index is 12.4. The molecule has 1 N–H and O–H groups in total. The summed E-state index contributed by atoms with van der Waals surface area (Å²) in [6, 6.07) is 1.92. The van der Waals surface area contributed by atoms with Gasteiger partial charge in [-0.3, -0.25) is 14.5 Å². The molecule has 2 aromatic heterocycles. The number of aryl methyl sites for hydroxylation is 2. The summed E-state index contributed by atoms with van der Waals surface area (Å²) in [5.41, 5.74) is 1.00. The van der Waals surface area contributed by atoms with Crippen molar-refractivity contribution in [1.82, 2.24) is 34.6 Å². The maximum absolute atomic E-state index is 12.4. The molecule has 31 heavy (non-hydrogen) atoms. The Morgan fingerprint density at radius 2 is 2.06 bits per heavy atom. The first kappa shape index (κ1) is 23.8. The third-order valence-corrected chi connectivity index (χ3v) is 5.70. The molecule has 0 aromatic carbocycles. The number of piperazine rings is 1. The van der Waals surface area contributed by atoms with Crippen molar-refractivity contribution in [3.63, 3.8) is 0 Å². The van der Waals surface area contributed by atoms with Crippen molar-refractivity contribution in [1.29, 1.82) is 0 Å². The van der Waals surface area contributed by atoms with Gasteiger partial charge in [0, 0.05) is 71.4 Å². The summed E-state index contributed by atoms with van der Waals surface area (Å²) in [6.45, 7) is 9.63. The van der Waals surface area contributed by atoms with Gasteiger partial charge >= 0.3 is 5.69 Å². The van der Waals surface area contributed by atoms with E-state index in [0.717, 1.165) is 89.0 Å². The van der Waals surface area contributed by atoms with E-state index in [2.05, 4.69) is 32.3 Å². The van der Waals surface area contributed by atoms with Crippen molar-refractivity contribution < 1.29 is 4.52 Å². The van der Waals surface area contributed by atoms with Gasteiger partial charge in [0.2, 0.25) is 0 Å². The van der Waals surface area contributed by atoms with Gasteiger partial charge in [0.25, 0.3) is 0 Å². The van der Waals surface area contributed by atoms with Crippen LogP contribution in [-0.2, 0) is 26.1 Å². The molecule has 0 spiro atoms. The second kappa shape index (κ2) is 11.7. The quantitative estimate of drug-likeness (QED) is 0.242. The van der Waals surface area contributed by atoms with E-state index in [1.807, 2.05) is 10.6 Å². The molecule has 0 bridgehead atoms. The van der Waals surface area contributed by atoms with Crippen LogP contribution >= 0.6 is 24.0 Å². The molecule has 2 aliphatic heterocycles. The second-order valence-corrected chi connectivity index (χ2v) is 7.87. The van der Waals surface area contributed by atoms with E-state index >= 15 is 0 Å². The Hall–Kier alpha value is -1.89. The highest BCUT2D eigenvalue weighted by Gasteiger charge is 2.20. The lowest BCUT2D eigenvalue weighted by Gasteiger charge is -2.36. The highest BCUT2D eigenvalue weighted by atomic mass is 127. The van der Waals surface area contributed by atoms with Crippen LogP contribution < -0.4 is 11.0 Å². The number of aromatic nitrogens is 4. The zero-order chi connectivity index (χ0) is 20.8. The van der Waals surface area contributed by atoms with Gasteiger partial charge in [-0.25, -0.2) is 9.48 Å². The molecule has 2 aliphatic rings. The molecular formula is C20H33IN8O2. The summed E-state index contributed by atoms with van der Waals surface area (Å²) in [4.78, 5) is 21.9. The lowest BCUT2D eigenvalue weighted by molar-refractivity contribution is 0.169. The number of aliphatic imine (C=N–C) groups is 1. The number of hydrogen-bond donors (Lipinski definition) is 1. The van der Waals surface area contributed by atoms with Gasteiger partial charge in [-0.1, -0.05) is 5.16 Å². The van der Waals surface area contributed by atoms with Gasteiger partial charge in [-0.2, -0.15) is 5.10 Å². The Labute approximate surface area is 199 Å². The van der Waals surface area contributed by atoms with Crippen molar-refractivity contribution >= 4 is 29.9 Å². The Bertz CT molecular complexity index is 884. The number of fused-ring (bicyclic) bond motifs is 1. The molecule has 2 aromatic rings. The van der Waals surface area contributed by atoms with E-state index in [1.54, 1.807) is 10.9 Å². The van der Waals surface area contributed by atoms with Gasteiger partial charge in [0.05, 0.1) is 5.69 Å². The molecule has 0 atom stereocenters. The number of rotatable bonds is 7. The van der Waals surface area contributed by atoms with E-state index in [1.165, 1.54) is 0 Å². The third-order valence-electron chi connectivity index (χ3n) is 5.70. The second-order valence-electron chi connectivity index (χ2n) is 7.87. The van der Waals surface area contributed by atoms with Crippen LogP contribution in [0.15, 0.2) is 26.6 Å². The highest BCUT2D eigenvalue weighted by Crippen LogP contribution is 2.10. The summed E-state index contributed by atoms with van der Waals surface area (Å²) in [5, 5.41) is 11.9. The highest BCUT2D eigenvalue weighted by molar-refractivity contribution is 14.0. The van der Waals surface area contributed by atoms with Crippen molar-refractivity contribution in [3.05, 3.63) is 34.3 Å². The summed E-state index contributed by atoms with van der Waals surface area (Å²) in [6.07, 6.45) is 5.53. The molecule has 0 amide bonds. The third kappa shape index (κ3) is 6.09. The molecule has 4 rings (SSSR count). The Morgan fingerprint density at radius 3 is 2.77 bits per heavy atom. The van der Waals surface area contributed by atoms with Gasteiger partial charge in [-0.05, 0) is 26.2 Å². The first-order valence-electron chi connectivity index (χ1n) is 11.1. The minimum absolute atomic E-state index is 0. The molecule has 0 radical (unpaired) electrons. The first-order valence-corrected chi connectivity index (χ1v) is 11.1. The topological polar surface area (TPSA) is 96.7 Å². The Morgan fingerprint density at radius 1 is 1.23 bits per heavy atom. The van der Waals surface area contributed by atoms with Gasteiger partial charge in [0.1, 0.15) is 12.1 Å². The zero-order valence-electron chi connectivity index (χ0n) is 18.2. The van der Waals surface area contributed by atoms with Crippen LogP contribution in [0.3, 0.4) is 0 Å². The average Bonchev–Trinajstić information content (AvgIpc) is 3.39. The maximum Gasteiger partial charge on any atom is 0.345 e. The van der Waals surface area contributed by atoms with Gasteiger partial charge in [0.15, 0.2) is 5.96 Å². The first-order chi connectivity index (χ1) is 14.7. The van der Waals surface area contributed by atoms with Crippen LogP contribution in [0.4, 0.5) is 0 Å². The summed E-state index contributed by atoms with van der Waals surface area (Å²) in [7, 11) is 0. The van der Waals surface area contributed by atoms with Crippen LogP contribution in [0.2, 0.25) is 0 Å². The van der Waals surface area contributed by atoms with E-state index < -0.39 is 0 Å². The fraction of sp³-hybridized carbons (Fsp3) is 0.700. The number of hydrogen-bond acceptors (Lipinski definition) is 6. The van der Waals surface area contributed by atoms with E-state index in [4.69, 9.17) is 9.52 Å². The van der Waals surface area contributed by atoms with E-state index in [-0.39, 0.29) is 29.7 Å². The summed E-state index contributed by atoms with van der Waals surface area (Å²) >= 11 is 0. The molecule has 11 heteroatoms. The molecule has 0 aliphatic carbocycles. The monoisotopic (exact) mass is 544 g/mol. The SMILES string of the molecule is CCNC(=NCCCn1nc2n(c1=O)CCCC2)N1CCN(Cc2ccon2)CC1.I. The van der Waals surface area contributed by atoms with E-state index in [0.29, 0.717) is 13.1 Å². The summed E-state index contributed by atoms with van der Waals surface area (Å²) < 4.78 is 8.37. The fourth-order valence-corrected chi connectivity index (χ4v) is 4.09. The van der Waals surface area contributed by atoms with Crippen LogP contribution in [-0.4, -0.2) is 74.5 Å². The van der Waals surface area contributed by atoms with Crippen LogP contribution in [0.25, 0.3) is 0 Å². The number of guanidine groups is 1. The van der Waals surface area contributed by atoms with E-state index in [9.17, 15) is 4.79 Å². The Balaban J connectivity index is 0.00000272. The number of nitrogens with one attached hydrogen (secondary N) is 1. The number of halogens is 1. The van der Waals surface area contributed by atoms with Crippen molar-refractivity contribution in [2.45, 2.75) is 52.2 Å². The lowest BCUT2D eigenvalue weighted by Crippen LogP contribution is -2.52. The zero-order valence-corrected chi connectivity index (χ0v) is 20.5. The van der Waals surface area contributed by atoms with Crippen molar-refractivity contribution in [2.24, 2.45) is 4.99 Å². The Kier molecular flexibility index (Phi) is 8.93. The predicted molar refractivity (Wildman–Crippen MR) is 129 cm³/mol. The van der Waals surface area contributed by atoms with Crippen LogP contribution in [0.1, 0.15) is 37.7 Å². The summed E-state index contributed by atoms with van der Waals surface area (Å²) in [5.74, 6) is 1.89. The van der Waals surface area contributed by atoms with Crippen molar-refractivity contribution in [2.75, 3.05) is 39.3 Å². The molecule has 172 valence electrons. The standard InChI is InChI=1S/C20H32N8O2.HI/c1-2-21-19(26-13-11-25(12-14-26)16-17-7-15-30-24-17)22-8-5-10-28-20(29)27-9-4-3-6-18(27)23-28;/h7,15H,2-6,8-14,16H2,1H3,(H,21,22);1H.